The fraction of sp³-hybridized carbons (Fsp3) is 0. The normalized spacial score (nSPS) is 10.3. The van der Waals surface area contributed by atoms with Gasteiger partial charge < -0.3 is 5.11 Å². The largest absolute Gasteiger partial charge is 0.464 e. The number of nitrogens with zero attached hydrogens (tertiary/aromatic N) is 2. The molecule has 4 heteroatoms. The molecule has 12 heavy (non-hydrogen) atoms. The minimum absolute atomic E-state index is 0.813. The molecule has 4 nitrogen and oxygen atoms in total. The van der Waals surface area contributed by atoms with Crippen LogP contribution in [0.25, 0.3) is 11.3 Å². The Labute approximate surface area is 68.4 Å². The predicted molar refractivity (Wildman–Crippen MR) is 42.3 cm³/mol. The summed E-state index contributed by atoms with van der Waals surface area (Å²) in [6.07, 6.45) is 3.66. The highest BCUT2D eigenvalue weighted by Gasteiger charge is 2.05. The van der Waals surface area contributed by atoms with Gasteiger partial charge in [-0.05, 0) is 12.1 Å². The number of rotatable bonds is 0. The lowest BCUT2D eigenvalue weighted by atomic mass is 10.2. The standard InChI is InChI=1S/C8H6N2O2/c11-8(12)10-4-2-7-6(5-10)1-3-9-7/h1-5H,(H,11,12). The Hall–Kier alpha value is -1.84. The molecule has 0 spiro atoms. The molecule has 0 unspecified atom stereocenters. The van der Waals surface area contributed by atoms with Gasteiger partial charge >= 0.3 is 6.09 Å². The van der Waals surface area contributed by atoms with Crippen molar-refractivity contribution in [1.82, 2.24) is 9.55 Å². The molecule has 0 aliphatic carbocycles. The molecule has 0 atom stereocenters. The predicted octanol–water partition coefficient (Wildman–Crippen LogP) is 1.51. The molecule has 0 saturated heterocycles. The van der Waals surface area contributed by atoms with Crippen LogP contribution in [0.2, 0.25) is 0 Å². The molecule has 0 saturated carbocycles. The van der Waals surface area contributed by atoms with E-state index < -0.39 is 6.09 Å². The fourth-order valence-corrected chi connectivity index (χ4v) is 1.07. The van der Waals surface area contributed by atoms with Crippen LogP contribution in [0.1, 0.15) is 0 Å². The van der Waals surface area contributed by atoms with Crippen molar-refractivity contribution in [2.75, 3.05) is 0 Å². The van der Waals surface area contributed by atoms with E-state index in [1.165, 1.54) is 12.4 Å². The first-order chi connectivity index (χ1) is 5.77. The zero-order valence-corrected chi connectivity index (χ0v) is 6.14. The molecule has 0 radical (unpaired) electrons. The third kappa shape index (κ3) is 0.934. The van der Waals surface area contributed by atoms with E-state index in [9.17, 15) is 4.79 Å². The molecular formula is C8H6N2O2. The van der Waals surface area contributed by atoms with Gasteiger partial charge in [0, 0.05) is 24.2 Å². The molecular weight excluding hydrogens is 156 g/mol. The first-order valence-corrected chi connectivity index (χ1v) is 3.43. The van der Waals surface area contributed by atoms with Gasteiger partial charge in [0.1, 0.15) is 0 Å². The van der Waals surface area contributed by atoms with E-state index in [0.717, 1.165) is 15.8 Å². The molecule has 1 N–H and O–H groups in total. The van der Waals surface area contributed by atoms with Crippen LogP contribution in [0, 0.1) is 0 Å². The zero-order valence-electron chi connectivity index (χ0n) is 6.14. The van der Waals surface area contributed by atoms with Crippen LogP contribution in [0.5, 0.6) is 0 Å². The van der Waals surface area contributed by atoms with E-state index in [0.29, 0.717) is 0 Å². The lowest BCUT2D eigenvalue weighted by molar-refractivity contribution is 0.196. The van der Waals surface area contributed by atoms with E-state index in [1.54, 1.807) is 18.3 Å². The average Bonchev–Trinajstić information content (AvgIpc) is 2.49. The Morgan fingerprint density at radius 3 is 3.08 bits per heavy atom. The molecule has 0 aromatic rings. The number of aromatic nitrogens is 2. The first-order valence-electron chi connectivity index (χ1n) is 3.43. The summed E-state index contributed by atoms with van der Waals surface area (Å²) < 4.78 is 1.10. The van der Waals surface area contributed by atoms with Crippen LogP contribution in [0.15, 0.2) is 30.7 Å². The second-order valence-electron chi connectivity index (χ2n) is 2.42. The van der Waals surface area contributed by atoms with Gasteiger partial charge in [0.2, 0.25) is 0 Å². The van der Waals surface area contributed by atoms with Gasteiger partial charge in [-0.1, -0.05) is 0 Å². The Morgan fingerprint density at radius 2 is 2.33 bits per heavy atom. The fourth-order valence-electron chi connectivity index (χ4n) is 1.07. The van der Waals surface area contributed by atoms with E-state index in [4.69, 9.17) is 5.11 Å². The molecule has 0 bridgehead atoms. The zero-order chi connectivity index (χ0) is 8.55. The van der Waals surface area contributed by atoms with Crippen LogP contribution in [0.4, 0.5) is 4.79 Å². The molecule has 2 heterocycles. The van der Waals surface area contributed by atoms with Crippen LogP contribution in [0.3, 0.4) is 0 Å². The SMILES string of the molecule is O=C(O)n1ccc2nccc-2c1. The van der Waals surface area contributed by atoms with Crippen molar-refractivity contribution < 1.29 is 9.90 Å². The highest BCUT2D eigenvalue weighted by molar-refractivity contribution is 5.71. The Balaban J connectivity index is 2.62. The number of carbonyl (C=O) groups is 1. The smallest absolute Gasteiger partial charge is 0.415 e. The second-order valence-corrected chi connectivity index (χ2v) is 2.42. The summed E-state index contributed by atoms with van der Waals surface area (Å²) in [5.74, 6) is 0. The molecule has 0 aromatic carbocycles. The van der Waals surface area contributed by atoms with E-state index in [1.807, 2.05) is 0 Å². The number of carboxylic acid groups (broad SMARTS) is 1. The van der Waals surface area contributed by atoms with Gasteiger partial charge in [0.05, 0.1) is 5.69 Å². The molecule has 2 aliphatic rings. The molecule has 2 rings (SSSR count). The van der Waals surface area contributed by atoms with E-state index in [-0.39, 0.29) is 0 Å². The van der Waals surface area contributed by atoms with Gasteiger partial charge in [-0.3, -0.25) is 9.55 Å². The quantitative estimate of drug-likeness (QED) is 0.638. The van der Waals surface area contributed by atoms with Gasteiger partial charge in [-0.15, -0.1) is 0 Å². The third-order valence-corrected chi connectivity index (χ3v) is 1.66. The minimum Gasteiger partial charge on any atom is -0.464 e. The molecule has 0 amide bonds. The van der Waals surface area contributed by atoms with Crippen molar-refractivity contribution in [3.05, 3.63) is 30.7 Å². The average molecular weight is 162 g/mol. The summed E-state index contributed by atoms with van der Waals surface area (Å²) in [6, 6.07) is 3.44. The molecule has 0 fully saturated rings. The van der Waals surface area contributed by atoms with Crippen LogP contribution in [-0.4, -0.2) is 20.8 Å². The summed E-state index contributed by atoms with van der Waals surface area (Å²) in [5.41, 5.74) is 1.65. The maximum absolute atomic E-state index is 10.5. The summed E-state index contributed by atoms with van der Waals surface area (Å²) >= 11 is 0. The molecule has 0 aromatic heterocycles. The van der Waals surface area contributed by atoms with Crippen molar-refractivity contribution in [2.45, 2.75) is 0 Å². The first kappa shape index (κ1) is 6.84. The monoisotopic (exact) mass is 162 g/mol. The van der Waals surface area contributed by atoms with E-state index in [2.05, 4.69) is 4.98 Å². The number of pyridine rings is 1. The number of hydrogen-bond acceptors (Lipinski definition) is 2. The summed E-state index contributed by atoms with van der Waals surface area (Å²) in [7, 11) is 0. The lowest BCUT2D eigenvalue weighted by Crippen LogP contribution is -2.07. The second kappa shape index (κ2) is 2.34. The summed E-state index contributed by atoms with van der Waals surface area (Å²) in [6.45, 7) is 0. The molecule has 2 aliphatic heterocycles. The number of hydrogen-bond donors (Lipinski definition) is 1. The van der Waals surface area contributed by atoms with Crippen molar-refractivity contribution in [3.63, 3.8) is 0 Å². The van der Waals surface area contributed by atoms with Gasteiger partial charge in [0.15, 0.2) is 0 Å². The van der Waals surface area contributed by atoms with Gasteiger partial charge in [-0.25, -0.2) is 4.79 Å². The Kier molecular flexibility index (Phi) is 1.33. The summed E-state index contributed by atoms with van der Waals surface area (Å²) in [5, 5.41) is 8.62. The molecule has 60 valence electrons. The minimum atomic E-state index is -0.988. The number of fused-ring (bicyclic) bond motifs is 1. The topological polar surface area (TPSA) is 55.1 Å². The van der Waals surface area contributed by atoms with Crippen LogP contribution >= 0.6 is 0 Å². The highest BCUT2D eigenvalue weighted by atomic mass is 16.4. The van der Waals surface area contributed by atoms with Crippen molar-refractivity contribution in [2.24, 2.45) is 0 Å². The Morgan fingerprint density at radius 1 is 1.50 bits per heavy atom. The van der Waals surface area contributed by atoms with E-state index >= 15 is 0 Å². The maximum Gasteiger partial charge on any atom is 0.415 e. The van der Waals surface area contributed by atoms with Crippen molar-refractivity contribution in [1.29, 1.82) is 0 Å². The summed E-state index contributed by atoms with van der Waals surface area (Å²) in [4.78, 5) is 14.5. The lowest BCUT2D eigenvalue weighted by Gasteiger charge is -2.01. The third-order valence-electron chi connectivity index (χ3n) is 1.66. The highest BCUT2D eigenvalue weighted by Crippen LogP contribution is 2.17. The van der Waals surface area contributed by atoms with Crippen molar-refractivity contribution >= 4 is 6.09 Å². The van der Waals surface area contributed by atoms with Gasteiger partial charge in [0.25, 0.3) is 0 Å². The van der Waals surface area contributed by atoms with Crippen molar-refractivity contribution in [3.8, 4) is 11.3 Å². The maximum atomic E-state index is 10.5. The van der Waals surface area contributed by atoms with Crippen LogP contribution < -0.4 is 0 Å². The van der Waals surface area contributed by atoms with Crippen LogP contribution in [-0.2, 0) is 0 Å². The van der Waals surface area contributed by atoms with Gasteiger partial charge in [-0.2, -0.15) is 0 Å². The Bertz CT molecular complexity index is 394.